The summed E-state index contributed by atoms with van der Waals surface area (Å²) < 4.78 is 0.878. The van der Waals surface area contributed by atoms with Gasteiger partial charge in [-0.3, -0.25) is 14.9 Å². The quantitative estimate of drug-likeness (QED) is 0.371. The molecule has 5 heteroatoms. The first-order valence-corrected chi connectivity index (χ1v) is 5.76. The van der Waals surface area contributed by atoms with Crippen molar-refractivity contribution in [2.45, 2.75) is 19.4 Å². The fraction of sp³-hybridized carbons (Fsp3) is 0.250. The summed E-state index contributed by atoms with van der Waals surface area (Å²) in [6, 6.07) is 6.82. The number of rotatable bonds is 4. The highest BCUT2D eigenvalue weighted by Crippen LogP contribution is 2.13. The minimum Gasteiger partial charge on any atom is -0.289 e. The van der Waals surface area contributed by atoms with Gasteiger partial charge in [-0.1, -0.05) is 15.9 Å². The normalized spacial score (nSPS) is 11.7. The second kappa shape index (κ2) is 5.23. The Morgan fingerprint density at radius 2 is 1.88 bits per heavy atom. The lowest BCUT2D eigenvalue weighted by molar-refractivity contribution is -0.545. The smallest absolute Gasteiger partial charge is 0.235 e. The van der Waals surface area contributed by atoms with Gasteiger partial charge in [-0.05, 0) is 36.4 Å². The molecule has 17 heavy (non-hydrogen) atoms. The molecule has 0 heterocycles. The Balaban J connectivity index is 2.83. The van der Waals surface area contributed by atoms with Crippen molar-refractivity contribution in [1.82, 2.24) is 0 Å². The Morgan fingerprint density at radius 3 is 2.35 bits per heavy atom. The van der Waals surface area contributed by atoms with Crippen LogP contribution in [-0.2, 0) is 0 Å². The van der Waals surface area contributed by atoms with Gasteiger partial charge in [0.1, 0.15) is 0 Å². The van der Waals surface area contributed by atoms with E-state index in [1.54, 1.807) is 24.3 Å². The van der Waals surface area contributed by atoms with Crippen LogP contribution in [0.25, 0.3) is 0 Å². The van der Waals surface area contributed by atoms with Gasteiger partial charge in [0, 0.05) is 28.8 Å². The Morgan fingerprint density at radius 1 is 1.35 bits per heavy atom. The molecule has 1 rings (SSSR count). The molecule has 0 spiro atoms. The predicted molar refractivity (Wildman–Crippen MR) is 68.7 cm³/mol. The molecule has 1 aromatic carbocycles. The number of carbonyl (C=O) groups is 1. The van der Waals surface area contributed by atoms with E-state index < -0.39 is 10.5 Å². The molecule has 0 aliphatic rings. The number of halogens is 1. The second-order valence-electron chi connectivity index (χ2n) is 4.12. The number of nitro groups is 1. The average molecular weight is 298 g/mol. The highest BCUT2D eigenvalue weighted by atomic mass is 79.9. The maximum absolute atomic E-state index is 11.7. The van der Waals surface area contributed by atoms with Gasteiger partial charge in [0.05, 0.1) is 0 Å². The molecule has 1 aromatic rings. The summed E-state index contributed by atoms with van der Waals surface area (Å²) in [5.41, 5.74) is -0.728. The lowest BCUT2D eigenvalue weighted by atomic mass is 10.0. The third-order valence-corrected chi connectivity index (χ3v) is 2.77. The third-order valence-electron chi connectivity index (χ3n) is 2.24. The van der Waals surface area contributed by atoms with E-state index in [4.69, 9.17) is 0 Å². The number of allylic oxidation sites excluding steroid dienone is 1. The minimum atomic E-state index is -1.23. The van der Waals surface area contributed by atoms with Crippen molar-refractivity contribution in [3.05, 3.63) is 56.6 Å². The van der Waals surface area contributed by atoms with E-state index in [9.17, 15) is 14.9 Å². The maximum Gasteiger partial charge on any atom is 0.235 e. The topological polar surface area (TPSA) is 60.2 Å². The molecular weight excluding hydrogens is 286 g/mol. The molecule has 0 N–H and O–H groups in total. The second-order valence-corrected chi connectivity index (χ2v) is 5.03. The summed E-state index contributed by atoms with van der Waals surface area (Å²) in [5, 5.41) is 10.7. The molecule has 4 nitrogen and oxygen atoms in total. The van der Waals surface area contributed by atoms with Crippen LogP contribution in [0.3, 0.4) is 0 Å². The first-order chi connectivity index (χ1) is 7.83. The minimum absolute atomic E-state index is 0.243. The molecule has 0 atom stereocenters. The zero-order chi connectivity index (χ0) is 13.1. The maximum atomic E-state index is 11.7. The summed E-state index contributed by atoms with van der Waals surface area (Å²) in [5.74, 6) is -0.243. The van der Waals surface area contributed by atoms with Crippen LogP contribution in [-0.4, -0.2) is 16.2 Å². The van der Waals surface area contributed by atoms with Gasteiger partial charge in [0.2, 0.25) is 5.54 Å². The molecular formula is C12H12BrNO3. The van der Waals surface area contributed by atoms with Crippen molar-refractivity contribution in [1.29, 1.82) is 0 Å². The molecule has 0 fully saturated rings. The number of nitrogens with zero attached hydrogens (tertiary/aromatic N) is 1. The molecule has 0 amide bonds. The highest BCUT2D eigenvalue weighted by molar-refractivity contribution is 9.10. The number of hydrogen-bond acceptors (Lipinski definition) is 3. The Bertz CT molecular complexity index is 463. The van der Waals surface area contributed by atoms with E-state index in [1.165, 1.54) is 26.0 Å². The summed E-state index contributed by atoms with van der Waals surface area (Å²) >= 11 is 3.27. The first kappa shape index (κ1) is 13.6. The van der Waals surface area contributed by atoms with E-state index in [1.807, 2.05) is 0 Å². The van der Waals surface area contributed by atoms with Crippen LogP contribution in [0.15, 0.2) is 40.9 Å². The first-order valence-electron chi connectivity index (χ1n) is 4.96. The van der Waals surface area contributed by atoms with Crippen LogP contribution in [0.2, 0.25) is 0 Å². The van der Waals surface area contributed by atoms with Crippen molar-refractivity contribution in [2.24, 2.45) is 0 Å². The lowest BCUT2D eigenvalue weighted by Gasteiger charge is -2.09. The molecule has 0 bridgehead atoms. The van der Waals surface area contributed by atoms with Crippen LogP contribution in [0.5, 0.6) is 0 Å². The number of hydrogen-bond donors (Lipinski definition) is 0. The highest BCUT2D eigenvalue weighted by Gasteiger charge is 2.26. The fourth-order valence-electron chi connectivity index (χ4n) is 1.05. The lowest BCUT2D eigenvalue weighted by Crippen LogP contribution is -2.28. The monoisotopic (exact) mass is 297 g/mol. The van der Waals surface area contributed by atoms with Gasteiger partial charge in [-0.2, -0.15) is 0 Å². The van der Waals surface area contributed by atoms with Gasteiger partial charge in [0.15, 0.2) is 5.78 Å². The Kier molecular flexibility index (Phi) is 4.17. The van der Waals surface area contributed by atoms with Gasteiger partial charge in [-0.15, -0.1) is 0 Å². The van der Waals surface area contributed by atoms with Crippen molar-refractivity contribution in [2.75, 3.05) is 0 Å². The Hall–Kier alpha value is -1.49. The average Bonchev–Trinajstić information content (AvgIpc) is 2.27. The fourth-order valence-corrected chi connectivity index (χ4v) is 1.32. The number of ketones is 1. The third kappa shape index (κ3) is 3.78. The van der Waals surface area contributed by atoms with Crippen LogP contribution in [0, 0.1) is 10.1 Å². The SMILES string of the molecule is CC(C)(/C=C/C(=O)c1ccc(Br)cc1)[N+](=O)[O-]. The van der Waals surface area contributed by atoms with Gasteiger partial charge in [-0.25, -0.2) is 0 Å². The molecule has 90 valence electrons. The summed E-state index contributed by atoms with van der Waals surface area (Å²) in [6.45, 7) is 2.89. The molecule has 0 unspecified atom stereocenters. The molecule has 0 saturated carbocycles. The van der Waals surface area contributed by atoms with E-state index in [2.05, 4.69) is 15.9 Å². The molecule has 0 saturated heterocycles. The zero-order valence-electron chi connectivity index (χ0n) is 9.51. The van der Waals surface area contributed by atoms with E-state index >= 15 is 0 Å². The largest absolute Gasteiger partial charge is 0.289 e. The molecule has 0 aliphatic carbocycles. The van der Waals surface area contributed by atoms with E-state index in [-0.39, 0.29) is 5.78 Å². The molecule has 0 radical (unpaired) electrons. The molecule has 0 aromatic heterocycles. The van der Waals surface area contributed by atoms with Crippen LogP contribution in [0.1, 0.15) is 24.2 Å². The van der Waals surface area contributed by atoms with Crippen LogP contribution >= 0.6 is 15.9 Å². The van der Waals surface area contributed by atoms with Crippen molar-refractivity contribution < 1.29 is 9.72 Å². The molecule has 0 aliphatic heterocycles. The predicted octanol–water partition coefficient (Wildman–Crippen LogP) is 3.24. The summed E-state index contributed by atoms with van der Waals surface area (Å²) in [4.78, 5) is 21.9. The zero-order valence-corrected chi connectivity index (χ0v) is 11.1. The van der Waals surface area contributed by atoms with Crippen LogP contribution < -0.4 is 0 Å². The number of benzene rings is 1. The number of carbonyl (C=O) groups excluding carboxylic acids is 1. The Labute approximate surface area is 108 Å². The van der Waals surface area contributed by atoms with Crippen molar-refractivity contribution in [3.63, 3.8) is 0 Å². The van der Waals surface area contributed by atoms with Gasteiger partial charge >= 0.3 is 0 Å². The van der Waals surface area contributed by atoms with Crippen molar-refractivity contribution >= 4 is 21.7 Å². The van der Waals surface area contributed by atoms with Gasteiger partial charge in [0.25, 0.3) is 0 Å². The van der Waals surface area contributed by atoms with E-state index in [0.717, 1.165) is 4.47 Å². The summed E-state index contributed by atoms with van der Waals surface area (Å²) in [6.07, 6.45) is 2.55. The standard InChI is InChI=1S/C12H12BrNO3/c1-12(2,14(16)17)8-7-11(15)9-3-5-10(13)6-4-9/h3-8H,1-2H3/b8-7+. The van der Waals surface area contributed by atoms with Crippen molar-refractivity contribution in [3.8, 4) is 0 Å². The van der Waals surface area contributed by atoms with E-state index in [0.29, 0.717) is 5.56 Å². The van der Waals surface area contributed by atoms with Gasteiger partial charge < -0.3 is 0 Å². The van der Waals surface area contributed by atoms with Crippen LogP contribution in [0.4, 0.5) is 0 Å². The summed E-state index contributed by atoms with van der Waals surface area (Å²) in [7, 11) is 0.